The summed E-state index contributed by atoms with van der Waals surface area (Å²) in [6.07, 6.45) is 8.15. The van der Waals surface area contributed by atoms with Crippen LogP contribution in [-0.4, -0.2) is 35.4 Å². The Hall–Kier alpha value is 0.270. The molecule has 2 nitrogen and oxygen atoms in total. The van der Waals surface area contributed by atoms with Gasteiger partial charge in [0.05, 0.1) is 6.10 Å². The van der Waals surface area contributed by atoms with Crippen LogP contribution in [0.25, 0.3) is 0 Å². The summed E-state index contributed by atoms with van der Waals surface area (Å²) in [5.74, 6) is 1.59. The largest absolute Gasteiger partial charge is 0.378 e. The van der Waals surface area contributed by atoms with Gasteiger partial charge in [-0.1, -0.05) is 32.2 Å². The molecule has 0 aromatic heterocycles. The number of ether oxygens (including phenoxy) is 1. The fraction of sp³-hybridized carbons (Fsp3) is 1.00. The van der Waals surface area contributed by atoms with E-state index in [2.05, 4.69) is 57.9 Å². The minimum atomic E-state index is 0.349. The molecule has 0 spiro atoms. The summed E-state index contributed by atoms with van der Waals surface area (Å²) in [6, 6.07) is 0. The molecule has 0 radical (unpaired) electrons. The molecule has 0 aromatic carbocycles. The number of hydrogen-bond donors (Lipinski definition) is 0. The van der Waals surface area contributed by atoms with Crippen molar-refractivity contribution in [3.63, 3.8) is 0 Å². The SMILES string of the molecule is CCCCOC(C)C1CCC(C(C)(C)SN(C)CCC)C1. The minimum Gasteiger partial charge on any atom is -0.378 e. The average molecular weight is 316 g/mol. The van der Waals surface area contributed by atoms with Crippen LogP contribution in [0.1, 0.15) is 73.1 Å². The molecule has 0 heterocycles. The van der Waals surface area contributed by atoms with Gasteiger partial charge in [0.15, 0.2) is 0 Å². The van der Waals surface area contributed by atoms with Crippen LogP contribution in [0.15, 0.2) is 0 Å². The molecule has 0 aromatic rings. The van der Waals surface area contributed by atoms with Crippen molar-refractivity contribution < 1.29 is 4.74 Å². The van der Waals surface area contributed by atoms with Gasteiger partial charge in [0, 0.05) is 17.9 Å². The molecule has 0 aliphatic heterocycles. The molecule has 0 saturated heterocycles. The van der Waals surface area contributed by atoms with Crippen LogP contribution in [0.5, 0.6) is 0 Å². The Kier molecular flexibility index (Phi) is 8.66. The Morgan fingerprint density at radius 2 is 1.95 bits per heavy atom. The van der Waals surface area contributed by atoms with Crippen LogP contribution in [0.3, 0.4) is 0 Å². The maximum atomic E-state index is 6.03. The Bertz CT molecular complexity index is 282. The Balaban J connectivity index is 2.41. The second-order valence-corrected chi connectivity index (χ2v) is 9.10. The quantitative estimate of drug-likeness (QED) is 0.397. The Morgan fingerprint density at radius 1 is 1.24 bits per heavy atom. The van der Waals surface area contributed by atoms with Gasteiger partial charge in [0.1, 0.15) is 0 Å². The molecule has 21 heavy (non-hydrogen) atoms. The first-order chi connectivity index (χ1) is 9.90. The molecule has 3 unspecified atom stereocenters. The molecule has 1 rings (SSSR count). The Morgan fingerprint density at radius 3 is 2.57 bits per heavy atom. The molecule has 1 aliphatic carbocycles. The van der Waals surface area contributed by atoms with Gasteiger partial charge < -0.3 is 4.74 Å². The highest BCUT2D eigenvalue weighted by Crippen LogP contribution is 2.46. The number of rotatable bonds is 10. The van der Waals surface area contributed by atoms with Gasteiger partial charge in [-0.3, -0.25) is 4.31 Å². The van der Waals surface area contributed by atoms with E-state index in [1.54, 1.807) is 0 Å². The van der Waals surface area contributed by atoms with E-state index in [9.17, 15) is 0 Å². The topological polar surface area (TPSA) is 12.5 Å². The molecule has 3 atom stereocenters. The van der Waals surface area contributed by atoms with Crippen molar-refractivity contribution in [1.82, 2.24) is 4.31 Å². The lowest BCUT2D eigenvalue weighted by Crippen LogP contribution is -2.31. The van der Waals surface area contributed by atoms with Crippen LogP contribution in [0.4, 0.5) is 0 Å². The molecule has 1 fully saturated rings. The zero-order valence-electron chi connectivity index (χ0n) is 15.2. The van der Waals surface area contributed by atoms with Crippen LogP contribution >= 0.6 is 11.9 Å². The zero-order chi connectivity index (χ0) is 15.9. The lowest BCUT2D eigenvalue weighted by atomic mass is 9.91. The summed E-state index contributed by atoms with van der Waals surface area (Å²) in [6.45, 7) is 13.7. The average Bonchev–Trinajstić information content (AvgIpc) is 2.89. The molecule has 1 saturated carbocycles. The van der Waals surface area contributed by atoms with Crippen molar-refractivity contribution in [2.75, 3.05) is 20.2 Å². The summed E-state index contributed by atoms with van der Waals surface area (Å²) in [5, 5.41) is 0. The smallest absolute Gasteiger partial charge is 0.0575 e. The fourth-order valence-corrected chi connectivity index (χ4v) is 4.90. The molecule has 3 heteroatoms. The highest BCUT2D eigenvalue weighted by atomic mass is 32.2. The van der Waals surface area contributed by atoms with Gasteiger partial charge in [-0.25, -0.2) is 0 Å². The van der Waals surface area contributed by atoms with Crippen molar-refractivity contribution in [2.24, 2.45) is 11.8 Å². The van der Waals surface area contributed by atoms with Gasteiger partial charge in [0.2, 0.25) is 0 Å². The standard InChI is InChI=1S/C18H37NOS/c1-7-9-13-20-15(3)16-10-11-17(14-16)18(4,5)21-19(6)12-8-2/h15-17H,7-14H2,1-6H3. The van der Waals surface area contributed by atoms with Gasteiger partial charge in [0.25, 0.3) is 0 Å². The van der Waals surface area contributed by atoms with Crippen LogP contribution in [0.2, 0.25) is 0 Å². The number of hydrogen-bond acceptors (Lipinski definition) is 3. The van der Waals surface area contributed by atoms with Crippen molar-refractivity contribution in [3.8, 4) is 0 Å². The lowest BCUT2D eigenvalue weighted by Gasteiger charge is -2.35. The fourth-order valence-electron chi connectivity index (χ4n) is 3.46. The summed E-state index contributed by atoms with van der Waals surface area (Å²) in [5.41, 5.74) is 0. The van der Waals surface area contributed by atoms with Crippen molar-refractivity contribution in [2.45, 2.75) is 84.0 Å². The maximum Gasteiger partial charge on any atom is 0.0575 e. The predicted octanol–water partition coefficient (Wildman–Crippen LogP) is 5.38. The third-order valence-electron chi connectivity index (χ3n) is 4.93. The molecule has 0 amide bonds. The van der Waals surface area contributed by atoms with E-state index in [1.165, 1.54) is 45.1 Å². The van der Waals surface area contributed by atoms with E-state index in [4.69, 9.17) is 4.74 Å². The van der Waals surface area contributed by atoms with Crippen LogP contribution in [-0.2, 0) is 4.74 Å². The molecule has 0 N–H and O–H groups in total. The van der Waals surface area contributed by atoms with E-state index < -0.39 is 0 Å². The third-order valence-corrected chi connectivity index (χ3v) is 6.23. The van der Waals surface area contributed by atoms with Crippen molar-refractivity contribution in [1.29, 1.82) is 0 Å². The summed E-state index contributed by atoms with van der Waals surface area (Å²) < 4.78 is 8.80. The molecule has 0 bridgehead atoms. The second-order valence-electron chi connectivity index (χ2n) is 7.25. The van der Waals surface area contributed by atoms with Gasteiger partial charge in [-0.05, 0) is 71.8 Å². The highest BCUT2D eigenvalue weighted by Gasteiger charge is 2.39. The first-order valence-corrected chi connectivity index (χ1v) is 9.69. The van der Waals surface area contributed by atoms with E-state index in [-0.39, 0.29) is 0 Å². The molecular weight excluding hydrogens is 278 g/mol. The molecular formula is C18H37NOS. The first-order valence-electron chi connectivity index (χ1n) is 8.92. The lowest BCUT2D eigenvalue weighted by molar-refractivity contribution is 0.0237. The normalized spacial score (nSPS) is 24.7. The summed E-state index contributed by atoms with van der Waals surface area (Å²) in [7, 11) is 2.23. The maximum absolute atomic E-state index is 6.03. The van der Waals surface area contributed by atoms with E-state index in [1.807, 2.05) is 0 Å². The van der Waals surface area contributed by atoms with Crippen molar-refractivity contribution >= 4 is 11.9 Å². The molecule has 1 aliphatic rings. The summed E-state index contributed by atoms with van der Waals surface area (Å²) in [4.78, 5) is 0. The number of unbranched alkanes of at least 4 members (excludes halogenated alkanes) is 1. The third kappa shape index (κ3) is 6.50. The van der Waals surface area contributed by atoms with E-state index >= 15 is 0 Å². The van der Waals surface area contributed by atoms with E-state index in [0.29, 0.717) is 10.9 Å². The van der Waals surface area contributed by atoms with Gasteiger partial charge in [-0.15, -0.1) is 0 Å². The number of nitrogens with zero attached hydrogens (tertiary/aromatic N) is 1. The minimum absolute atomic E-state index is 0.349. The predicted molar refractivity (Wildman–Crippen MR) is 95.7 cm³/mol. The van der Waals surface area contributed by atoms with Gasteiger partial charge >= 0.3 is 0 Å². The zero-order valence-corrected chi connectivity index (χ0v) is 16.0. The highest BCUT2D eigenvalue weighted by molar-refractivity contribution is 7.98. The summed E-state index contributed by atoms with van der Waals surface area (Å²) >= 11 is 2.05. The van der Waals surface area contributed by atoms with Gasteiger partial charge in [-0.2, -0.15) is 0 Å². The van der Waals surface area contributed by atoms with Crippen molar-refractivity contribution in [3.05, 3.63) is 0 Å². The molecule has 126 valence electrons. The Labute approximate surface area is 137 Å². The second kappa shape index (κ2) is 9.42. The van der Waals surface area contributed by atoms with E-state index in [0.717, 1.165) is 18.4 Å². The van der Waals surface area contributed by atoms with Crippen LogP contribution in [0, 0.1) is 11.8 Å². The van der Waals surface area contributed by atoms with Crippen LogP contribution < -0.4 is 0 Å². The monoisotopic (exact) mass is 315 g/mol. The first kappa shape index (κ1) is 19.3.